The molecule has 0 spiro atoms. The SMILES string of the molecule is CCN(C1CC1)C(CN)CC1CCCCC1. The molecule has 94 valence electrons. The molecule has 0 amide bonds. The highest BCUT2D eigenvalue weighted by Crippen LogP contribution is 2.33. The molecule has 1 atom stereocenters. The molecule has 2 saturated carbocycles. The van der Waals surface area contributed by atoms with Crippen LogP contribution in [0.4, 0.5) is 0 Å². The van der Waals surface area contributed by atoms with Crippen LogP contribution in [0, 0.1) is 5.92 Å². The van der Waals surface area contributed by atoms with Crippen LogP contribution < -0.4 is 5.73 Å². The Labute approximate surface area is 101 Å². The van der Waals surface area contributed by atoms with E-state index in [1.165, 1.54) is 57.9 Å². The molecule has 0 saturated heterocycles. The van der Waals surface area contributed by atoms with Crippen LogP contribution in [0.1, 0.15) is 58.3 Å². The van der Waals surface area contributed by atoms with E-state index >= 15 is 0 Å². The van der Waals surface area contributed by atoms with Crippen LogP contribution in [-0.2, 0) is 0 Å². The summed E-state index contributed by atoms with van der Waals surface area (Å²) in [6, 6.07) is 1.54. The zero-order chi connectivity index (χ0) is 11.4. The van der Waals surface area contributed by atoms with Crippen LogP contribution in [0.15, 0.2) is 0 Å². The Kier molecular flexibility index (Phi) is 4.66. The second-order valence-electron chi connectivity index (χ2n) is 5.69. The summed E-state index contributed by atoms with van der Waals surface area (Å²) in [4.78, 5) is 2.68. The summed E-state index contributed by atoms with van der Waals surface area (Å²) in [5.74, 6) is 0.968. The number of hydrogen-bond acceptors (Lipinski definition) is 2. The van der Waals surface area contributed by atoms with Gasteiger partial charge in [0.15, 0.2) is 0 Å². The van der Waals surface area contributed by atoms with Crippen molar-refractivity contribution in [1.29, 1.82) is 0 Å². The molecule has 16 heavy (non-hydrogen) atoms. The van der Waals surface area contributed by atoms with E-state index in [0.29, 0.717) is 6.04 Å². The summed E-state index contributed by atoms with van der Waals surface area (Å²) in [5.41, 5.74) is 5.99. The summed E-state index contributed by atoms with van der Waals surface area (Å²) in [6.45, 7) is 4.35. The van der Waals surface area contributed by atoms with Gasteiger partial charge in [0, 0.05) is 18.6 Å². The molecular weight excluding hydrogens is 196 g/mol. The fraction of sp³-hybridized carbons (Fsp3) is 1.00. The quantitative estimate of drug-likeness (QED) is 0.751. The second-order valence-corrected chi connectivity index (χ2v) is 5.69. The van der Waals surface area contributed by atoms with Gasteiger partial charge in [-0.15, -0.1) is 0 Å². The zero-order valence-electron chi connectivity index (χ0n) is 10.8. The van der Waals surface area contributed by atoms with E-state index in [0.717, 1.165) is 18.5 Å². The summed E-state index contributed by atoms with van der Waals surface area (Å²) >= 11 is 0. The molecule has 0 radical (unpaired) electrons. The third-order valence-corrected chi connectivity index (χ3v) is 4.45. The number of nitrogens with zero attached hydrogens (tertiary/aromatic N) is 1. The van der Waals surface area contributed by atoms with Crippen LogP contribution in [0.2, 0.25) is 0 Å². The minimum Gasteiger partial charge on any atom is -0.329 e. The summed E-state index contributed by atoms with van der Waals surface area (Å²) in [5, 5.41) is 0. The van der Waals surface area contributed by atoms with Gasteiger partial charge in [0.2, 0.25) is 0 Å². The average Bonchev–Trinajstić information content (AvgIpc) is 3.14. The molecule has 1 unspecified atom stereocenters. The number of nitrogens with two attached hydrogens (primary N) is 1. The highest BCUT2D eigenvalue weighted by atomic mass is 15.2. The van der Waals surface area contributed by atoms with Crippen LogP contribution in [0.5, 0.6) is 0 Å². The van der Waals surface area contributed by atoms with E-state index in [-0.39, 0.29) is 0 Å². The molecule has 2 aliphatic rings. The Bertz CT molecular complexity index is 195. The van der Waals surface area contributed by atoms with Crippen molar-refractivity contribution >= 4 is 0 Å². The third-order valence-electron chi connectivity index (χ3n) is 4.45. The third kappa shape index (κ3) is 3.21. The van der Waals surface area contributed by atoms with Crippen LogP contribution >= 0.6 is 0 Å². The maximum absolute atomic E-state index is 5.99. The Hall–Kier alpha value is -0.0800. The Balaban J connectivity index is 1.82. The van der Waals surface area contributed by atoms with Gasteiger partial charge in [0.05, 0.1) is 0 Å². The van der Waals surface area contributed by atoms with E-state index in [1.807, 2.05) is 0 Å². The molecule has 2 heteroatoms. The van der Waals surface area contributed by atoms with Gasteiger partial charge in [-0.1, -0.05) is 39.0 Å². The van der Waals surface area contributed by atoms with E-state index in [9.17, 15) is 0 Å². The van der Waals surface area contributed by atoms with Gasteiger partial charge in [-0.3, -0.25) is 4.90 Å². The second kappa shape index (κ2) is 6.02. The van der Waals surface area contributed by atoms with E-state index in [4.69, 9.17) is 5.73 Å². The van der Waals surface area contributed by atoms with Crippen molar-refractivity contribution in [3.05, 3.63) is 0 Å². The molecule has 2 nitrogen and oxygen atoms in total. The molecule has 0 aromatic heterocycles. The van der Waals surface area contributed by atoms with Gasteiger partial charge in [-0.25, -0.2) is 0 Å². The first-order valence-electron chi connectivity index (χ1n) is 7.31. The molecular formula is C14H28N2. The molecule has 0 aromatic rings. The lowest BCUT2D eigenvalue weighted by Gasteiger charge is -2.34. The van der Waals surface area contributed by atoms with Crippen molar-refractivity contribution in [3.8, 4) is 0 Å². The molecule has 0 aliphatic heterocycles. The summed E-state index contributed by atoms with van der Waals surface area (Å²) < 4.78 is 0. The van der Waals surface area contributed by atoms with E-state index in [1.54, 1.807) is 0 Å². The minimum absolute atomic E-state index is 0.667. The molecule has 2 N–H and O–H groups in total. The van der Waals surface area contributed by atoms with Crippen molar-refractivity contribution in [2.75, 3.05) is 13.1 Å². The average molecular weight is 224 g/mol. The van der Waals surface area contributed by atoms with Crippen molar-refractivity contribution < 1.29 is 0 Å². The smallest absolute Gasteiger partial charge is 0.0223 e. The monoisotopic (exact) mass is 224 g/mol. The predicted molar refractivity (Wildman–Crippen MR) is 69.4 cm³/mol. The molecule has 2 aliphatic carbocycles. The van der Waals surface area contributed by atoms with Gasteiger partial charge in [0.25, 0.3) is 0 Å². The van der Waals surface area contributed by atoms with Crippen LogP contribution in [0.25, 0.3) is 0 Å². The van der Waals surface area contributed by atoms with E-state index in [2.05, 4.69) is 11.8 Å². The zero-order valence-corrected chi connectivity index (χ0v) is 10.8. The number of rotatable bonds is 6. The normalized spacial score (nSPS) is 24.9. The minimum atomic E-state index is 0.667. The maximum atomic E-state index is 5.99. The van der Waals surface area contributed by atoms with Crippen molar-refractivity contribution in [2.45, 2.75) is 70.4 Å². The topological polar surface area (TPSA) is 29.3 Å². The standard InChI is InChI=1S/C14H28N2/c1-2-16(13-8-9-13)14(11-15)10-12-6-4-3-5-7-12/h12-14H,2-11,15H2,1H3. The Morgan fingerprint density at radius 2 is 1.81 bits per heavy atom. The molecule has 0 heterocycles. The fourth-order valence-corrected chi connectivity index (χ4v) is 3.40. The molecule has 2 rings (SSSR count). The van der Waals surface area contributed by atoms with Gasteiger partial charge in [0.1, 0.15) is 0 Å². The van der Waals surface area contributed by atoms with Gasteiger partial charge >= 0.3 is 0 Å². The summed E-state index contributed by atoms with van der Waals surface area (Å²) in [6.07, 6.45) is 11.5. The number of hydrogen-bond donors (Lipinski definition) is 1. The first kappa shape index (κ1) is 12.4. The Morgan fingerprint density at radius 1 is 1.12 bits per heavy atom. The largest absolute Gasteiger partial charge is 0.329 e. The highest BCUT2D eigenvalue weighted by molar-refractivity contribution is 4.89. The van der Waals surface area contributed by atoms with E-state index < -0.39 is 0 Å². The first-order chi connectivity index (χ1) is 7.85. The Morgan fingerprint density at radius 3 is 2.31 bits per heavy atom. The molecule has 0 aromatic carbocycles. The van der Waals surface area contributed by atoms with Gasteiger partial charge in [-0.2, -0.15) is 0 Å². The van der Waals surface area contributed by atoms with Gasteiger partial charge in [-0.05, 0) is 31.7 Å². The molecule has 2 fully saturated rings. The van der Waals surface area contributed by atoms with Crippen molar-refractivity contribution in [3.63, 3.8) is 0 Å². The lowest BCUT2D eigenvalue weighted by Crippen LogP contribution is -2.43. The summed E-state index contributed by atoms with van der Waals surface area (Å²) in [7, 11) is 0. The number of likely N-dealkylation sites (N-methyl/N-ethyl adjacent to an activating group) is 1. The first-order valence-corrected chi connectivity index (χ1v) is 7.31. The van der Waals surface area contributed by atoms with Crippen molar-refractivity contribution in [2.24, 2.45) is 11.7 Å². The predicted octanol–water partition coefficient (Wildman–Crippen LogP) is 2.77. The lowest BCUT2D eigenvalue weighted by atomic mass is 9.84. The molecule has 0 bridgehead atoms. The van der Waals surface area contributed by atoms with Crippen molar-refractivity contribution in [1.82, 2.24) is 4.90 Å². The fourth-order valence-electron chi connectivity index (χ4n) is 3.40. The maximum Gasteiger partial charge on any atom is 0.0223 e. The highest BCUT2D eigenvalue weighted by Gasteiger charge is 2.33. The van der Waals surface area contributed by atoms with Crippen LogP contribution in [-0.4, -0.2) is 30.1 Å². The van der Waals surface area contributed by atoms with Gasteiger partial charge < -0.3 is 5.73 Å². The van der Waals surface area contributed by atoms with Crippen LogP contribution in [0.3, 0.4) is 0 Å². The lowest BCUT2D eigenvalue weighted by molar-refractivity contribution is 0.158.